The first-order valence-electron chi connectivity index (χ1n) is 11.5. The van der Waals surface area contributed by atoms with Gasteiger partial charge in [0.25, 0.3) is 5.91 Å². The zero-order valence-electron chi connectivity index (χ0n) is 18.4. The molecule has 3 heterocycles. The highest BCUT2D eigenvalue weighted by molar-refractivity contribution is 7.14. The summed E-state index contributed by atoms with van der Waals surface area (Å²) in [6.45, 7) is 6.04. The second kappa shape index (κ2) is 6.86. The van der Waals surface area contributed by atoms with E-state index in [1.807, 2.05) is 17.7 Å². The molecule has 0 spiro atoms. The minimum atomic E-state index is -0.143. The van der Waals surface area contributed by atoms with Gasteiger partial charge < -0.3 is 0 Å². The molecule has 0 unspecified atom stereocenters. The summed E-state index contributed by atoms with van der Waals surface area (Å²) in [5.74, 6) is 2.52. The third kappa shape index (κ3) is 3.12. The fraction of sp³-hybridized carbons (Fsp3) is 0.583. The predicted molar refractivity (Wildman–Crippen MR) is 123 cm³/mol. The maximum absolute atomic E-state index is 13.1. The summed E-state index contributed by atoms with van der Waals surface area (Å²) in [6, 6.07) is 2.12. The van der Waals surface area contributed by atoms with Crippen LogP contribution >= 0.6 is 11.3 Å². The van der Waals surface area contributed by atoms with Crippen LogP contribution in [0.4, 0.5) is 5.13 Å². The number of amides is 1. The quantitative estimate of drug-likeness (QED) is 0.587. The minimum Gasteiger partial charge on any atom is -0.298 e. The molecular weight excluding hydrogens is 406 g/mol. The van der Waals surface area contributed by atoms with Crippen LogP contribution in [0.1, 0.15) is 80.2 Å². The molecule has 7 rings (SSSR count). The van der Waals surface area contributed by atoms with E-state index >= 15 is 0 Å². The summed E-state index contributed by atoms with van der Waals surface area (Å²) < 4.78 is 1.89. The number of anilines is 1. The van der Waals surface area contributed by atoms with Crippen LogP contribution in [0.15, 0.2) is 17.6 Å². The highest BCUT2D eigenvalue weighted by atomic mass is 32.1. The van der Waals surface area contributed by atoms with E-state index in [4.69, 9.17) is 4.98 Å². The van der Waals surface area contributed by atoms with Crippen molar-refractivity contribution < 1.29 is 4.79 Å². The summed E-state index contributed by atoms with van der Waals surface area (Å²) >= 11 is 1.56. The van der Waals surface area contributed by atoms with E-state index < -0.39 is 0 Å². The van der Waals surface area contributed by atoms with Gasteiger partial charge in [0, 0.05) is 22.2 Å². The van der Waals surface area contributed by atoms with E-state index in [1.165, 1.54) is 44.2 Å². The van der Waals surface area contributed by atoms with Crippen molar-refractivity contribution in [1.29, 1.82) is 0 Å². The number of carbonyl (C=O) groups excluding carboxylic acids is 1. The van der Waals surface area contributed by atoms with Crippen molar-refractivity contribution in [3.63, 3.8) is 0 Å². The van der Waals surface area contributed by atoms with Gasteiger partial charge in [-0.1, -0.05) is 0 Å². The Morgan fingerprint density at radius 1 is 1.16 bits per heavy atom. The predicted octanol–water partition coefficient (Wildman–Crippen LogP) is 5.50. The molecule has 0 aromatic carbocycles. The molecule has 6 nitrogen and oxygen atoms in total. The Balaban J connectivity index is 1.25. The Kier molecular flexibility index (Phi) is 4.29. The number of fused-ring (bicyclic) bond motifs is 1. The van der Waals surface area contributed by atoms with Gasteiger partial charge in [-0.2, -0.15) is 5.10 Å². The van der Waals surface area contributed by atoms with Crippen molar-refractivity contribution in [2.24, 2.45) is 17.8 Å². The van der Waals surface area contributed by atoms with Crippen molar-refractivity contribution in [2.75, 3.05) is 5.32 Å². The van der Waals surface area contributed by atoms with Gasteiger partial charge in [-0.25, -0.2) is 14.6 Å². The smallest absolute Gasteiger partial charge is 0.259 e. The second-order valence-corrected chi connectivity index (χ2v) is 11.3. The molecule has 0 radical (unpaired) electrons. The number of aryl methyl sites for hydroxylation is 1. The number of aromatic nitrogens is 4. The van der Waals surface area contributed by atoms with Crippen LogP contribution in [0.3, 0.4) is 0 Å². The summed E-state index contributed by atoms with van der Waals surface area (Å²) in [7, 11) is 0. The third-order valence-electron chi connectivity index (χ3n) is 7.80. The minimum absolute atomic E-state index is 0.143. The largest absolute Gasteiger partial charge is 0.298 e. The fourth-order valence-electron chi connectivity index (χ4n) is 6.84. The lowest BCUT2D eigenvalue weighted by Gasteiger charge is -2.56. The van der Waals surface area contributed by atoms with Crippen molar-refractivity contribution >= 4 is 33.4 Å². The van der Waals surface area contributed by atoms with Gasteiger partial charge in [0.05, 0.1) is 23.1 Å². The van der Waals surface area contributed by atoms with E-state index in [-0.39, 0.29) is 17.4 Å². The lowest BCUT2D eigenvalue weighted by atomic mass is 9.49. The average molecular weight is 436 g/mol. The molecule has 0 aliphatic heterocycles. The van der Waals surface area contributed by atoms with E-state index in [2.05, 4.69) is 34.6 Å². The van der Waals surface area contributed by atoms with Crippen LogP contribution in [0.25, 0.3) is 11.0 Å². The maximum atomic E-state index is 13.1. The molecule has 4 saturated carbocycles. The van der Waals surface area contributed by atoms with Crippen molar-refractivity contribution in [1.82, 2.24) is 19.7 Å². The first-order valence-corrected chi connectivity index (χ1v) is 12.4. The molecule has 4 aliphatic rings. The Morgan fingerprint density at radius 2 is 1.84 bits per heavy atom. The monoisotopic (exact) mass is 435 g/mol. The Morgan fingerprint density at radius 3 is 2.48 bits per heavy atom. The van der Waals surface area contributed by atoms with Crippen molar-refractivity contribution in [2.45, 2.75) is 70.8 Å². The van der Waals surface area contributed by atoms with E-state index in [1.54, 1.807) is 17.5 Å². The summed E-state index contributed by atoms with van der Waals surface area (Å²) in [5, 5.41) is 11.3. The Labute approximate surface area is 186 Å². The molecule has 0 saturated heterocycles. The number of rotatable bonds is 4. The van der Waals surface area contributed by atoms with E-state index in [9.17, 15) is 4.79 Å². The summed E-state index contributed by atoms with van der Waals surface area (Å²) in [6.07, 6.45) is 9.92. The highest BCUT2D eigenvalue weighted by Gasteiger charge is 2.52. The molecule has 1 N–H and O–H groups in total. The van der Waals surface area contributed by atoms with Crippen molar-refractivity contribution in [3.05, 3.63) is 34.6 Å². The Bertz CT molecular complexity index is 1140. The number of nitrogens with zero attached hydrogens (tertiary/aromatic N) is 4. The van der Waals surface area contributed by atoms with Gasteiger partial charge in [-0.15, -0.1) is 11.3 Å². The highest BCUT2D eigenvalue weighted by Crippen LogP contribution is 2.60. The zero-order chi connectivity index (χ0) is 21.3. The van der Waals surface area contributed by atoms with Crippen LogP contribution in [0, 0.1) is 24.7 Å². The topological polar surface area (TPSA) is 72.7 Å². The summed E-state index contributed by atoms with van der Waals surface area (Å²) in [4.78, 5) is 22.7. The molecule has 4 aliphatic carbocycles. The van der Waals surface area contributed by atoms with Crippen LogP contribution in [-0.2, 0) is 5.41 Å². The number of hydrogen-bond acceptors (Lipinski definition) is 5. The van der Waals surface area contributed by atoms with Gasteiger partial charge in [0.15, 0.2) is 10.8 Å². The fourth-order valence-corrected chi connectivity index (χ4v) is 7.67. The summed E-state index contributed by atoms with van der Waals surface area (Å²) in [5.41, 5.74) is 3.60. The van der Waals surface area contributed by atoms with Crippen LogP contribution in [-0.4, -0.2) is 25.7 Å². The standard InChI is InChI=1S/C24H29N5OS/c1-13(2)29-21-18(11-25-29)7-19(14(3)26-21)22(30)28-23-27-20(12-31-23)24-8-15-4-16(9-24)6-17(5-15)10-24/h7,11-13,15-17H,4-6,8-10H2,1-3H3,(H,27,28,30). The first-order chi connectivity index (χ1) is 14.9. The molecule has 1 amide bonds. The first kappa shape index (κ1) is 19.4. The SMILES string of the molecule is Cc1nc2c(cnn2C(C)C)cc1C(=O)Nc1nc(C23CC4CC(CC(C4)C2)C3)cs1. The number of carbonyl (C=O) groups is 1. The van der Waals surface area contributed by atoms with Crippen molar-refractivity contribution in [3.8, 4) is 0 Å². The van der Waals surface area contributed by atoms with Crippen LogP contribution < -0.4 is 5.32 Å². The molecule has 4 fully saturated rings. The zero-order valence-corrected chi connectivity index (χ0v) is 19.2. The molecule has 3 aromatic rings. The molecule has 162 valence electrons. The lowest BCUT2D eigenvalue weighted by Crippen LogP contribution is -2.48. The van der Waals surface area contributed by atoms with Gasteiger partial charge in [-0.3, -0.25) is 10.1 Å². The van der Waals surface area contributed by atoms with Crippen LogP contribution in [0.2, 0.25) is 0 Å². The normalized spacial score (nSPS) is 29.2. The van der Waals surface area contributed by atoms with Gasteiger partial charge in [0.2, 0.25) is 0 Å². The number of pyridine rings is 1. The van der Waals surface area contributed by atoms with Gasteiger partial charge >= 0.3 is 0 Å². The molecule has 0 atom stereocenters. The molecule has 4 bridgehead atoms. The van der Waals surface area contributed by atoms with Gasteiger partial charge in [0.1, 0.15) is 0 Å². The third-order valence-corrected chi connectivity index (χ3v) is 8.56. The Hall–Kier alpha value is -2.28. The van der Waals surface area contributed by atoms with E-state index in [0.29, 0.717) is 16.4 Å². The van der Waals surface area contributed by atoms with E-state index in [0.717, 1.165) is 28.8 Å². The number of thiazole rings is 1. The second-order valence-electron chi connectivity index (χ2n) is 10.4. The molecule has 7 heteroatoms. The van der Waals surface area contributed by atoms with Gasteiger partial charge in [-0.05, 0) is 83.1 Å². The molecule has 31 heavy (non-hydrogen) atoms. The van der Waals surface area contributed by atoms with Crippen LogP contribution in [0.5, 0.6) is 0 Å². The number of hydrogen-bond donors (Lipinski definition) is 1. The lowest BCUT2D eigenvalue weighted by molar-refractivity contribution is -0.00688. The maximum Gasteiger partial charge on any atom is 0.259 e. The average Bonchev–Trinajstić information content (AvgIpc) is 3.33. The molecular formula is C24H29N5OS. The number of nitrogens with one attached hydrogen (secondary N) is 1. The molecule has 3 aromatic heterocycles.